The minimum absolute atomic E-state index is 0.0337. The SMILES string of the molecule is CCCCCC(O)(c1ccc(C)cc1)C(CN1CCOCC1)c1ccccc1. The van der Waals surface area contributed by atoms with Crippen LogP contribution in [0.4, 0.5) is 0 Å². The van der Waals surface area contributed by atoms with Crippen LogP contribution in [0.15, 0.2) is 54.6 Å². The van der Waals surface area contributed by atoms with Crippen molar-refractivity contribution in [3.05, 3.63) is 71.3 Å². The normalized spacial score (nSPS) is 18.5. The maximum atomic E-state index is 12.2. The van der Waals surface area contributed by atoms with Gasteiger partial charge < -0.3 is 9.84 Å². The number of unbranched alkanes of at least 4 members (excludes halogenated alkanes) is 2. The molecular formula is C25H35NO2. The van der Waals surface area contributed by atoms with Crippen molar-refractivity contribution in [3.8, 4) is 0 Å². The van der Waals surface area contributed by atoms with Crippen LogP contribution in [0.1, 0.15) is 55.2 Å². The van der Waals surface area contributed by atoms with Crippen LogP contribution in [-0.4, -0.2) is 42.9 Å². The standard InChI is InChI=1S/C25H35NO2/c1-3-4-8-15-25(27,23-13-11-21(2)12-14-23)24(22-9-6-5-7-10-22)20-26-16-18-28-19-17-26/h5-7,9-14,24,27H,3-4,8,15-20H2,1-2H3. The van der Waals surface area contributed by atoms with Gasteiger partial charge in [-0.05, 0) is 24.5 Å². The van der Waals surface area contributed by atoms with Crippen molar-refractivity contribution in [2.45, 2.75) is 51.0 Å². The summed E-state index contributed by atoms with van der Waals surface area (Å²) in [7, 11) is 0. The molecule has 1 fully saturated rings. The van der Waals surface area contributed by atoms with Crippen LogP contribution in [0.3, 0.4) is 0 Å². The predicted molar refractivity (Wildman–Crippen MR) is 116 cm³/mol. The first kappa shape index (κ1) is 21.0. The summed E-state index contributed by atoms with van der Waals surface area (Å²) in [5.74, 6) is 0.0337. The zero-order valence-electron chi connectivity index (χ0n) is 17.4. The third-order valence-corrected chi connectivity index (χ3v) is 6.04. The van der Waals surface area contributed by atoms with E-state index >= 15 is 0 Å². The van der Waals surface area contributed by atoms with Crippen molar-refractivity contribution in [1.29, 1.82) is 0 Å². The van der Waals surface area contributed by atoms with Crippen LogP contribution >= 0.6 is 0 Å². The van der Waals surface area contributed by atoms with Gasteiger partial charge in [0.15, 0.2) is 0 Å². The fourth-order valence-electron chi connectivity index (χ4n) is 4.27. The summed E-state index contributed by atoms with van der Waals surface area (Å²) < 4.78 is 5.55. The summed E-state index contributed by atoms with van der Waals surface area (Å²) in [6.07, 6.45) is 4.12. The maximum Gasteiger partial charge on any atom is 0.0977 e. The molecule has 2 unspecified atom stereocenters. The maximum absolute atomic E-state index is 12.2. The minimum Gasteiger partial charge on any atom is -0.384 e. The van der Waals surface area contributed by atoms with Gasteiger partial charge in [0.25, 0.3) is 0 Å². The van der Waals surface area contributed by atoms with Crippen molar-refractivity contribution in [2.24, 2.45) is 0 Å². The molecule has 1 saturated heterocycles. The number of morpholine rings is 1. The van der Waals surface area contributed by atoms with Crippen LogP contribution in [-0.2, 0) is 10.3 Å². The Morgan fingerprint density at radius 1 is 1.00 bits per heavy atom. The topological polar surface area (TPSA) is 32.7 Å². The molecule has 2 atom stereocenters. The van der Waals surface area contributed by atoms with E-state index in [0.29, 0.717) is 0 Å². The quantitative estimate of drug-likeness (QED) is 0.629. The van der Waals surface area contributed by atoms with Crippen molar-refractivity contribution in [2.75, 3.05) is 32.8 Å². The zero-order valence-corrected chi connectivity index (χ0v) is 17.4. The molecule has 0 aliphatic carbocycles. The fraction of sp³-hybridized carbons (Fsp3) is 0.520. The van der Waals surface area contributed by atoms with Crippen LogP contribution in [0.2, 0.25) is 0 Å². The lowest BCUT2D eigenvalue weighted by atomic mass is 9.73. The van der Waals surface area contributed by atoms with E-state index in [1.165, 1.54) is 11.1 Å². The Labute approximate surface area is 170 Å². The van der Waals surface area contributed by atoms with Gasteiger partial charge in [0.05, 0.1) is 18.8 Å². The second-order valence-corrected chi connectivity index (χ2v) is 8.12. The number of hydrogen-bond donors (Lipinski definition) is 1. The molecule has 1 heterocycles. The van der Waals surface area contributed by atoms with E-state index in [9.17, 15) is 5.11 Å². The summed E-state index contributed by atoms with van der Waals surface area (Å²) in [4.78, 5) is 2.44. The molecule has 1 aliphatic rings. The highest BCUT2D eigenvalue weighted by Crippen LogP contribution is 2.42. The number of hydrogen-bond acceptors (Lipinski definition) is 3. The summed E-state index contributed by atoms with van der Waals surface area (Å²) in [6, 6.07) is 19.1. The van der Waals surface area contributed by atoms with Crippen molar-refractivity contribution in [3.63, 3.8) is 0 Å². The number of benzene rings is 2. The van der Waals surface area contributed by atoms with Gasteiger partial charge >= 0.3 is 0 Å². The zero-order chi connectivity index (χ0) is 19.8. The van der Waals surface area contributed by atoms with E-state index in [-0.39, 0.29) is 5.92 Å². The smallest absolute Gasteiger partial charge is 0.0977 e. The minimum atomic E-state index is -0.872. The van der Waals surface area contributed by atoms with E-state index in [0.717, 1.165) is 64.1 Å². The highest BCUT2D eigenvalue weighted by molar-refractivity contribution is 5.33. The molecule has 0 bridgehead atoms. The molecule has 3 rings (SSSR count). The monoisotopic (exact) mass is 381 g/mol. The molecule has 0 amide bonds. The second-order valence-electron chi connectivity index (χ2n) is 8.12. The molecular weight excluding hydrogens is 346 g/mol. The van der Waals surface area contributed by atoms with Gasteiger partial charge in [-0.25, -0.2) is 0 Å². The Kier molecular flexibility index (Phi) is 7.66. The second kappa shape index (κ2) is 10.2. The Morgan fingerprint density at radius 3 is 2.32 bits per heavy atom. The molecule has 1 aliphatic heterocycles. The van der Waals surface area contributed by atoms with Gasteiger partial charge in [-0.2, -0.15) is 0 Å². The van der Waals surface area contributed by atoms with Crippen LogP contribution < -0.4 is 0 Å². The highest BCUT2D eigenvalue weighted by atomic mass is 16.5. The molecule has 1 N–H and O–H groups in total. The van der Waals surface area contributed by atoms with Crippen LogP contribution in [0.5, 0.6) is 0 Å². The Morgan fingerprint density at radius 2 is 1.68 bits per heavy atom. The third kappa shape index (κ3) is 5.22. The van der Waals surface area contributed by atoms with Crippen LogP contribution in [0.25, 0.3) is 0 Å². The highest BCUT2D eigenvalue weighted by Gasteiger charge is 2.40. The van der Waals surface area contributed by atoms with Gasteiger partial charge in [-0.15, -0.1) is 0 Å². The predicted octanol–water partition coefficient (Wildman–Crippen LogP) is 4.88. The lowest BCUT2D eigenvalue weighted by Crippen LogP contribution is -2.45. The third-order valence-electron chi connectivity index (χ3n) is 6.04. The molecule has 0 saturated carbocycles. The Balaban J connectivity index is 1.97. The summed E-state index contributed by atoms with van der Waals surface area (Å²) >= 11 is 0. The van der Waals surface area contributed by atoms with Crippen molar-refractivity contribution in [1.82, 2.24) is 4.90 Å². The van der Waals surface area contributed by atoms with Gasteiger partial charge in [0, 0.05) is 25.6 Å². The van der Waals surface area contributed by atoms with Crippen molar-refractivity contribution < 1.29 is 9.84 Å². The van der Waals surface area contributed by atoms with Crippen molar-refractivity contribution >= 4 is 0 Å². The Hall–Kier alpha value is -1.68. The molecule has 2 aromatic carbocycles. The largest absolute Gasteiger partial charge is 0.384 e. The fourth-order valence-corrected chi connectivity index (χ4v) is 4.27. The lowest BCUT2D eigenvalue weighted by Gasteiger charge is -2.41. The molecule has 2 aromatic rings. The molecule has 0 spiro atoms. The molecule has 0 aromatic heterocycles. The first-order valence-corrected chi connectivity index (χ1v) is 10.8. The molecule has 3 nitrogen and oxygen atoms in total. The van der Waals surface area contributed by atoms with E-state index in [4.69, 9.17) is 4.74 Å². The first-order chi connectivity index (χ1) is 13.6. The number of aliphatic hydroxyl groups is 1. The van der Waals surface area contributed by atoms with E-state index in [1.807, 2.05) is 0 Å². The summed E-state index contributed by atoms with van der Waals surface area (Å²) in [5, 5.41) is 12.2. The summed E-state index contributed by atoms with van der Waals surface area (Å²) in [6.45, 7) is 8.59. The first-order valence-electron chi connectivity index (χ1n) is 10.8. The average molecular weight is 382 g/mol. The van der Waals surface area contributed by atoms with E-state index in [2.05, 4.69) is 73.3 Å². The number of nitrogens with zero attached hydrogens (tertiary/aromatic N) is 1. The summed E-state index contributed by atoms with van der Waals surface area (Å²) in [5.41, 5.74) is 2.61. The Bertz CT molecular complexity index is 694. The van der Waals surface area contributed by atoms with Gasteiger partial charge in [0.2, 0.25) is 0 Å². The lowest BCUT2D eigenvalue weighted by molar-refractivity contribution is -0.0295. The van der Waals surface area contributed by atoms with E-state index < -0.39 is 5.60 Å². The molecule has 3 heteroatoms. The van der Waals surface area contributed by atoms with Gasteiger partial charge in [-0.3, -0.25) is 4.90 Å². The van der Waals surface area contributed by atoms with Crippen LogP contribution in [0, 0.1) is 6.92 Å². The molecule has 28 heavy (non-hydrogen) atoms. The van der Waals surface area contributed by atoms with E-state index in [1.54, 1.807) is 0 Å². The molecule has 0 radical (unpaired) electrons. The number of aryl methyl sites for hydroxylation is 1. The molecule has 152 valence electrons. The number of ether oxygens (including phenoxy) is 1. The number of rotatable bonds is 9. The average Bonchev–Trinajstić information content (AvgIpc) is 2.74. The van der Waals surface area contributed by atoms with Gasteiger partial charge in [0.1, 0.15) is 0 Å². The van der Waals surface area contributed by atoms with Gasteiger partial charge in [-0.1, -0.05) is 86.3 Å².